The summed E-state index contributed by atoms with van der Waals surface area (Å²) in [7, 11) is 0. The van der Waals surface area contributed by atoms with E-state index in [0.717, 1.165) is 37.7 Å². The lowest BCUT2D eigenvalue weighted by Crippen LogP contribution is -2.49. The van der Waals surface area contributed by atoms with Crippen LogP contribution in [0.4, 0.5) is 4.39 Å². The molecule has 3 nitrogen and oxygen atoms in total. The number of carbonyl (C=O) groups is 1. The molecule has 0 saturated heterocycles. The topological polar surface area (TPSA) is 55.1 Å². The zero-order valence-corrected chi connectivity index (χ0v) is 14.2. The second kappa shape index (κ2) is 7.63. The average molecular weight is 341 g/mol. The quantitative estimate of drug-likeness (QED) is 0.864. The molecular weight excluding hydrogens is 315 g/mol. The number of hydrogen-bond acceptors (Lipinski definition) is 2. The molecule has 1 unspecified atom stereocenters. The lowest BCUT2D eigenvalue weighted by molar-refractivity contribution is -0.128. The molecule has 1 aromatic carbocycles. The van der Waals surface area contributed by atoms with Crippen molar-refractivity contribution in [2.45, 2.75) is 56.4 Å². The summed E-state index contributed by atoms with van der Waals surface area (Å²) in [4.78, 5) is 12.9. The van der Waals surface area contributed by atoms with Crippen LogP contribution in [0.15, 0.2) is 24.3 Å². The molecule has 0 aromatic heterocycles. The van der Waals surface area contributed by atoms with Gasteiger partial charge in [-0.3, -0.25) is 4.79 Å². The molecule has 3 N–H and O–H groups in total. The van der Waals surface area contributed by atoms with Crippen molar-refractivity contribution in [3.63, 3.8) is 0 Å². The van der Waals surface area contributed by atoms with Gasteiger partial charge in [0.25, 0.3) is 0 Å². The number of halogens is 2. The van der Waals surface area contributed by atoms with Crippen molar-refractivity contribution in [1.82, 2.24) is 5.32 Å². The van der Waals surface area contributed by atoms with Gasteiger partial charge in [-0.1, -0.05) is 31.4 Å². The molecule has 2 fully saturated rings. The van der Waals surface area contributed by atoms with Gasteiger partial charge in [-0.25, -0.2) is 4.39 Å². The lowest BCUT2D eigenvalue weighted by Gasteiger charge is -2.36. The molecule has 0 bridgehead atoms. The van der Waals surface area contributed by atoms with Crippen molar-refractivity contribution in [2.75, 3.05) is 6.54 Å². The van der Waals surface area contributed by atoms with Gasteiger partial charge in [0.15, 0.2) is 0 Å². The highest BCUT2D eigenvalue weighted by Crippen LogP contribution is 2.40. The van der Waals surface area contributed by atoms with E-state index in [4.69, 9.17) is 5.73 Å². The maximum Gasteiger partial charge on any atom is 0.230 e. The summed E-state index contributed by atoms with van der Waals surface area (Å²) in [5, 5.41) is 3.05. The molecule has 2 aliphatic rings. The zero-order valence-electron chi connectivity index (χ0n) is 13.4. The first-order chi connectivity index (χ1) is 10.6. The third-order valence-corrected chi connectivity index (χ3v) is 5.24. The summed E-state index contributed by atoms with van der Waals surface area (Å²) in [6.45, 7) is 0.528. The van der Waals surface area contributed by atoms with Gasteiger partial charge < -0.3 is 11.1 Å². The second-order valence-electron chi connectivity index (χ2n) is 6.86. The molecule has 0 spiro atoms. The Morgan fingerprint density at radius 1 is 1.30 bits per heavy atom. The van der Waals surface area contributed by atoms with Gasteiger partial charge in [0.2, 0.25) is 5.91 Å². The Kier molecular flexibility index (Phi) is 6.04. The van der Waals surface area contributed by atoms with Crippen molar-refractivity contribution >= 4 is 18.3 Å². The molecule has 0 aliphatic heterocycles. The Morgan fingerprint density at radius 2 is 2.00 bits per heavy atom. The summed E-state index contributed by atoms with van der Waals surface area (Å²) in [6.07, 6.45) is 7.10. The van der Waals surface area contributed by atoms with E-state index in [1.54, 1.807) is 6.07 Å². The van der Waals surface area contributed by atoms with Crippen molar-refractivity contribution < 1.29 is 9.18 Å². The molecule has 23 heavy (non-hydrogen) atoms. The third kappa shape index (κ3) is 4.04. The van der Waals surface area contributed by atoms with Crippen LogP contribution in [0, 0.1) is 11.7 Å². The highest BCUT2D eigenvalue weighted by Gasteiger charge is 2.41. The van der Waals surface area contributed by atoms with Crippen molar-refractivity contribution in [3.05, 3.63) is 35.6 Å². The van der Waals surface area contributed by atoms with Crippen LogP contribution in [0.25, 0.3) is 0 Å². The van der Waals surface area contributed by atoms with Crippen LogP contribution in [0.5, 0.6) is 0 Å². The molecule has 128 valence electrons. The first kappa shape index (κ1) is 18.2. The minimum absolute atomic E-state index is 0. The standard InChI is InChI=1S/C18H25FN2O.ClH/c19-15-6-4-5-14(11-15)18(9-2-1-3-10-18)17(22)21-12-16(20)13-7-8-13;/h4-6,11,13,16H,1-3,7-10,12,20H2,(H,21,22);1H. The van der Waals surface area contributed by atoms with E-state index in [2.05, 4.69) is 5.32 Å². The molecule has 2 saturated carbocycles. The molecular formula is C18H26ClFN2O. The number of nitrogens with two attached hydrogens (primary N) is 1. The minimum atomic E-state index is -0.580. The Balaban J connectivity index is 0.00000192. The molecule has 1 amide bonds. The SMILES string of the molecule is Cl.NC(CNC(=O)C1(c2cccc(F)c2)CCCCC1)C1CC1. The summed E-state index contributed by atoms with van der Waals surface area (Å²) in [5.41, 5.74) is 6.32. The third-order valence-electron chi connectivity index (χ3n) is 5.24. The Hall–Kier alpha value is -1.13. The summed E-state index contributed by atoms with van der Waals surface area (Å²) in [5.74, 6) is 0.315. The molecule has 1 aromatic rings. The van der Waals surface area contributed by atoms with E-state index in [9.17, 15) is 9.18 Å². The molecule has 1 atom stereocenters. The van der Waals surface area contributed by atoms with Crippen LogP contribution in [0.1, 0.15) is 50.5 Å². The van der Waals surface area contributed by atoms with Gasteiger partial charge in [-0.05, 0) is 49.3 Å². The second-order valence-corrected chi connectivity index (χ2v) is 6.86. The van der Waals surface area contributed by atoms with Gasteiger partial charge in [-0.15, -0.1) is 12.4 Å². The van der Waals surface area contributed by atoms with Crippen LogP contribution >= 0.6 is 12.4 Å². The van der Waals surface area contributed by atoms with Crippen molar-refractivity contribution in [2.24, 2.45) is 11.7 Å². The Morgan fingerprint density at radius 3 is 2.61 bits per heavy atom. The number of hydrogen-bond donors (Lipinski definition) is 2. The Labute approximate surface area is 143 Å². The first-order valence-corrected chi connectivity index (χ1v) is 8.42. The molecule has 0 heterocycles. The van der Waals surface area contributed by atoms with Crippen LogP contribution in [-0.2, 0) is 10.2 Å². The van der Waals surface area contributed by atoms with Crippen molar-refractivity contribution in [1.29, 1.82) is 0 Å². The smallest absolute Gasteiger partial charge is 0.230 e. The van der Waals surface area contributed by atoms with Gasteiger partial charge >= 0.3 is 0 Å². The largest absolute Gasteiger partial charge is 0.354 e. The van der Waals surface area contributed by atoms with Gasteiger partial charge in [0, 0.05) is 12.6 Å². The number of nitrogens with one attached hydrogen (secondary N) is 1. The summed E-state index contributed by atoms with van der Waals surface area (Å²) in [6, 6.07) is 6.59. The van der Waals surface area contributed by atoms with E-state index >= 15 is 0 Å². The monoisotopic (exact) mass is 340 g/mol. The normalized spacial score (nSPS) is 21.1. The fourth-order valence-electron chi connectivity index (χ4n) is 3.66. The summed E-state index contributed by atoms with van der Waals surface area (Å²) >= 11 is 0. The molecule has 2 aliphatic carbocycles. The molecule has 5 heteroatoms. The number of rotatable bonds is 5. The van der Waals surface area contributed by atoms with Crippen LogP contribution in [-0.4, -0.2) is 18.5 Å². The molecule has 0 radical (unpaired) electrons. The lowest BCUT2D eigenvalue weighted by atomic mass is 9.68. The number of amides is 1. The molecule has 3 rings (SSSR count). The van der Waals surface area contributed by atoms with Gasteiger partial charge in [-0.2, -0.15) is 0 Å². The average Bonchev–Trinajstić information content (AvgIpc) is 3.38. The van der Waals surface area contributed by atoms with Gasteiger partial charge in [0.1, 0.15) is 5.82 Å². The number of benzene rings is 1. The van der Waals surface area contributed by atoms with E-state index in [0.29, 0.717) is 12.5 Å². The fraction of sp³-hybridized carbons (Fsp3) is 0.611. The predicted octanol–water partition coefficient (Wildman–Crippen LogP) is 3.30. The van der Waals surface area contributed by atoms with Gasteiger partial charge in [0.05, 0.1) is 5.41 Å². The Bertz CT molecular complexity index is 542. The van der Waals surface area contributed by atoms with E-state index in [1.165, 1.54) is 25.0 Å². The minimum Gasteiger partial charge on any atom is -0.354 e. The highest BCUT2D eigenvalue weighted by molar-refractivity contribution is 5.88. The van der Waals surface area contributed by atoms with E-state index in [-0.39, 0.29) is 30.2 Å². The predicted molar refractivity (Wildman–Crippen MR) is 92.1 cm³/mol. The highest BCUT2D eigenvalue weighted by atomic mass is 35.5. The maximum atomic E-state index is 13.6. The van der Waals surface area contributed by atoms with E-state index < -0.39 is 5.41 Å². The van der Waals surface area contributed by atoms with E-state index in [1.807, 2.05) is 6.07 Å². The van der Waals surface area contributed by atoms with Crippen molar-refractivity contribution in [3.8, 4) is 0 Å². The zero-order chi connectivity index (χ0) is 15.6. The van der Waals surface area contributed by atoms with Crippen LogP contribution in [0.2, 0.25) is 0 Å². The van der Waals surface area contributed by atoms with Crippen LogP contribution in [0.3, 0.4) is 0 Å². The summed E-state index contributed by atoms with van der Waals surface area (Å²) < 4.78 is 13.6. The number of carbonyl (C=O) groups excluding carboxylic acids is 1. The van der Waals surface area contributed by atoms with Crippen LogP contribution < -0.4 is 11.1 Å². The fourth-order valence-corrected chi connectivity index (χ4v) is 3.66. The first-order valence-electron chi connectivity index (χ1n) is 8.42. The maximum absolute atomic E-state index is 13.6.